The summed E-state index contributed by atoms with van der Waals surface area (Å²) < 4.78 is 7.28. The number of carbonyl (C=O) groups is 2. The summed E-state index contributed by atoms with van der Waals surface area (Å²) in [5.74, 6) is 1.74. The van der Waals surface area contributed by atoms with E-state index in [1.165, 1.54) is 11.9 Å². The average Bonchev–Trinajstić information content (AvgIpc) is 3.82. The zero-order valence-corrected chi connectivity index (χ0v) is 31.4. The van der Waals surface area contributed by atoms with Crippen molar-refractivity contribution in [3.8, 4) is 11.3 Å². The third kappa shape index (κ3) is 7.14. The molecule has 0 atom stereocenters. The topological polar surface area (TPSA) is 217 Å². The van der Waals surface area contributed by atoms with Crippen LogP contribution in [0.3, 0.4) is 0 Å². The second kappa shape index (κ2) is 14.9. The third-order valence-corrected chi connectivity index (χ3v) is 10.6. The first-order chi connectivity index (χ1) is 27.8. The van der Waals surface area contributed by atoms with E-state index in [9.17, 15) is 9.59 Å². The number of fused-ring (bicyclic) bond motifs is 3. The Hall–Kier alpha value is -7.04. The molecule has 0 saturated carbocycles. The van der Waals surface area contributed by atoms with E-state index in [1.54, 1.807) is 18.5 Å². The molecule has 2 aromatic carbocycles. The minimum Gasteiger partial charge on any atom is -0.424 e. The Bertz CT molecular complexity index is 2610. The Morgan fingerprint density at radius 1 is 0.807 bits per heavy atom. The molecule has 57 heavy (non-hydrogen) atoms. The van der Waals surface area contributed by atoms with Crippen molar-refractivity contribution in [2.45, 2.75) is 45.7 Å². The molecule has 0 unspecified atom stereocenters. The molecule has 17 heteroatoms. The molecule has 0 radical (unpaired) electrons. The molecule has 7 aromatic rings. The number of nitrogen functional groups attached to an aromatic ring is 2. The Morgan fingerprint density at radius 3 is 2.28 bits per heavy atom. The highest BCUT2D eigenvalue weighted by Crippen LogP contribution is 2.33. The van der Waals surface area contributed by atoms with Crippen molar-refractivity contribution in [1.82, 2.24) is 49.6 Å². The summed E-state index contributed by atoms with van der Waals surface area (Å²) in [6, 6.07) is 12.0. The Kier molecular flexibility index (Phi) is 9.31. The van der Waals surface area contributed by atoms with E-state index in [0.717, 1.165) is 22.3 Å². The van der Waals surface area contributed by atoms with Crippen LogP contribution in [0.1, 0.15) is 52.4 Å². The molecule has 288 valence electrons. The lowest BCUT2D eigenvalue weighted by atomic mass is 9.97. The summed E-state index contributed by atoms with van der Waals surface area (Å²) in [4.78, 5) is 62.6. The lowest BCUT2D eigenvalue weighted by molar-refractivity contribution is -0.118. The highest BCUT2D eigenvalue weighted by molar-refractivity contribution is 5.99. The summed E-state index contributed by atoms with van der Waals surface area (Å²) in [6.07, 6.45) is 10.7. The number of anilines is 4. The van der Waals surface area contributed by atoms with Gasteiger partial charge in [-0.3, -0.25) is 9.59 Å². The van der Waals surface area contributed by atoms with Crippen LogP contribution in [-0.2, 0) is 30.7 Å². The number of piperazine rings is 1. The summed E-state index contributed by atoms with van der Waals surface area (Å²) in [5.41, 5.74) is 20.1. The number of amides is 1. The highest BCUT2D eigenvalue weighted by atomic mass is 16.4. The molecular formula is C40H40N14O3. The van der Waals surface area contributed by atoms with Crippen LogP contribution < -0.4 is 21.3 Å². The number of ketones is 1. The van der Waals surface area contributed by atoms with Gasteiger partial charge in [0.15, 0.2) is 11.2 Å². The van der Waals surface area contributed by atoms with Gasteiger partial charge in [-0.25, -0.2) is 34.6 Å². The molecule has 2 aliphatic rings. The number of Topliss-reactive ketones (excluding diaryl/α,β-unsaturated/α-hetero) is 1. The Balaban J connectivity index is 0.827. The number of nitrogens with zero attached hydrogens (tertiary/aromatic N) is 12. The molecule has 0 aliphatic carbocycles. The number of carbonyl (C=O) groups excluding carboxylic acids is 2. The van der Waals surface area contributed by atoms with Gasteiger partial charge in [0, 0.05) is 82.5 Å². The molecule has 9 rings (SSSR count). The van der Waals surface area contributed by atoms with Gasteiger partial charge >= 0.3 is 0 Å². The first-order valence-electron chi connectivity index (χ1n) is 19.0. The minimum absolute atomic E-state index is 0.0969. The van der Waals surface area contributed by atoms with Gasteiger partial charge in [0.2, 0.25) is 11.9 Å². The molecule has 2 aliphatic heterocycles. The van der Waals surface area contributed by atoms with Crippen LogP contribution in [0.4, 0.5) is 23.7 Å². The molecule has 17 nitrogen and oxygen atoms in total. The van der Waals surface area contributed by atoms with E-state index >= 15 is 0 Å². The molecule has 7 heterocycles. The number of rotatable bonds is 10. The predicted octanol–water partition coefficient (Wildman–Crippen LogP) is 3.86. The van der Waals surface area contributed by atoms with Gasteiger partial charge in [-0.15, -0.1) is 0 Å². The van der Waals surface area contributed by atoms with Gasteiger partial charge in [-0.1, -0.05) is 25.1 Å². The first-order valence-corrected chi connectivity index (χ1v) is 19.0. The summed E-state index contributed by atoms with van der Waals surface area (Å²) in [6.45, 7) is 6.24. The van der Waals surface area contributed by atoms with E-state index in [0.29, 0.717) is 123 Å². The zero-order valence-electron chi connectivity index (χ0n) is 31.4. The zero-order chi connectivity index (χ0) is 39.0. The van der Waals surface area contributed by atoms with Crippen molar-refractivity contribution in [3.63, 3.8) is 0 Å². The van der Waals surface area contributed by atoms with Crippen molar-refractivity contribution in [3.05, 3.63) is 95.3 Å². The number of hydrogen-bond acceptors (Lipinski definition) is 15. The summed E-state index contributed by atoms with van der Waals surface area (Å²) in [7, 11) is 0. The van der Waals surface area contributed by atoms with Crippen molar-refractivity contribution >= 4 is 57.6 Å². The second-order valence-electron chi connectivity index (χ2n) is 14.3. The fourth-order valence-corrected chi connectivity index (χ4v) is 7.47. The van der Waals surface area contributed by atoms with Crippen LogP contribution in [0.5, 0.6) is 0 Å². The minimum atomic E-state index is -0.0972. The van der Waals surface area contributed by atoms with E-state index in [1.807, 2.05) is 41.0 Å². The maximum absolute atomic E-state index is 13.6. The molecule has 1 fully saturated rings. The van der Waals surface area contributed by atoms with Gasteiger partial charge < -0.3 is 30.6 Å². The van der Waals surface area contributed by atoms with E-state index in [-0.39, 0.29) is 17.7 Å². The molecule has 4 N–H and O–H groups in total. The van der Waals surface area contributed by atoms with Gasteiger partial charge in [0.25, 0.3) is 11.9 Å². The molecule has 1 saturated heterocycles. The van der Waals surface area contributed by atoms with Crippen molar-refractivity contribution in [2.75, 3.05) is 54.0 Å². The molecular weight excluding hydrogens is 725 g/mol. The van der Waals surface area contributed by atoms with Crippen molar-refractivity contribution in [2.24, 2.45) is 0 Å². The van der Waals surface area contributed by atoms with Crippen LogP contribution >= 0.6 is 0 Å². The molecule has 0 bridgehead atoms. The van der Waals surface area contributed by atoms with Crippen LogP contribution in [-0.4, -0.2) is 94.0 Å². The summed E-state index contributed by atoms with van der Waals surface area (Å²) >= 11 is 0. The maximum Gasteiger partial charge on any atom is 0.292 e. The summed E-state index contributed by atoms with van der Waals surface area (Å²) in [5, 5.41) is 5.60. The van der Waals surface area contributed by atoms with Crippen LogP contribution in [0, 0.1) is 0 Å². The molecule has 0 spiro atoms. The number of benzene rings is 2. The fourth-order valence-electron chi connectivity index (χ4n) is 7.47. The highest BCUT2D eigenvalue weighted by Gasteiger charge is 2.25. The smallest absolute Gasteiger partial charge is 0.292 e. The van der Waals surface area contributed by atoms with Crippen molar-refractivity contribution in [1.29, 1.82) is 0 Å². The van der Waals surface area contributed by atoms with E-state index in [4.69, 9.17) is 21.0 Å². The van der Waals surface area contributed by atoms with Crippen molar-refractivity contribution < 1.29 is 14.0 Å². The van der Waals surface area contributed by atoms with E-state index < -0.39 is 0 Å². The number of nitrogens with two attached hydrogens (primary N) is 2. The molecule has 1 amide bonds. The lowest BCUT2D eigenvalue weighted by Gasteiger charge is -2.34. The first kappa shape index (κ1) is 35.6. The number of aryl methyl sites for hydroxylation is 1. The second-order valence-corrected chi connectivity index (χ2v) is 14.3. The number of oxazole rings is 1. The standard InChI is InChI=1S/C40H40N14O3/c1-2-30(55)7-4-25-17-43-39(44-18-25)51-11-13-52(14-12-51)40-45-19-29(20-46-40)37(56)53-10-9-26-15-24(3-5-28(26)22-53)21-54-36-33(35(41)47-23-48-36)34(50-54)27-6-8-32-31(16-27)49-38(42)57-32/h3,5-6,8,15-20,23H,2,4,7,9-14,21-22H2,1H3,(H2,42,49)(H2,41,47,48). The number of hydrogen-bond donors (Lipinski definition) is 2. The van der Waals surface area contributed by atoms with Gasteiger partial charge in [-0.05, 0) is 53.3 Å². The van der Waals surface area contributed by atoms with Gasteiger partial charge in [0.1, 0.15) is 29.1 Å². The normalized spacial score (nSPS) is 14.4. The SMILES string of the molecule is CCC(=O)CCc1cnc(N2CCN(c3ncc(C(=O)N4CCc5cc(Cn6nc(-c7ccc8oc(N)nc8c7)c7c(N)ncnc76)ccc5C4)cn3)CC2)nc1. The largest absolute Gasteiger partial charge is 0.424 e. The van der Waals surface area contributed by atoms with Gasteiger partial charge in [-0.2, -0.15) is 10.1 Å². The number of aromatic nitrogens is 9. The third-order valence-electron chi connectivity index (χ3n) is 10.6. The average molecular weight is 765 g/mol. The van der Waals surface area contributed by atoms with E-state index in [2.05, 4.69) is 62.9 Å². The van der Waals surface area contributed by atoms with Crippen LogP contribution in [0.25, 0.3) is 33.4 Å². The fraction of sp³-hybridized carbons (Fsp3) is 0.300. The van der Waals surface area contributed by atoms with Crippen LogP contribution in [0.15, 0.2) is 71.9 Å². The quantitative estimate of drug-likeness (QED) is 0.202. The van der Waals surface area contributed by atoms with Gasteiger partial charge in [0.05, 0.1) is 17.5 Å². The Labute approximate surface area is 326 Å². The lowest BCUT2D eigenvalue weighted by Crippen LogP contribution is -2.47. The molecule has 5 aromatic heterocycles. The predicted molar refractivity (Wildman–Crippen MR) is 213 cm³/mol. The van der Waals surface area contributed by atoms with Crippen LogP contribution in [0.2, 0.25) is 0 Å². The maximum atomic E-state index is 13.6. The Morgan fingerprint density at radius 2 is 1.54 bits per heavy atom. The monoisotopic (exact) mass is 764 g/mol.